The number of hydrogen-bond donors (Lipinski definition) is 6. The van der Waals surface area contributed by atoms with Crippen molar-refractivity contribution in [3.05, 3.63) is 349 Å². The molecule has 149 heavy (non-hydrogen) atoms. The molecule has 0 bridgehead atoms. The van der Waals surface area contributed by atoms with Gasteiger partial charge in [0.15, 0.2) is 39.2 Å². The molecule has 12 rings (SSSR count). The number of methoxy groups -OCH3 is 1. The molecule has 0 aliphatic heterocycles. The van der Waals surface area contributed by atoms with Crippen molar-refractivity contribution >= 4 is 260 Å². The van der Waals surface area contributed by atoms with Crippen LogP contribution in [0.5, 0.6) is 34.5 Å². The first kappa shape index (κ1) is 149. The molecule has 0 radical (unpaired) electrons. The number of thiazole rings is 1. The number of alkyl halides is 1. The van der Waals surface area contributed by atoms with E-state index in [4.69, 9.17) is 53.3 Å². The number of benzene rings is 11. The first-order valence-electron chi connectivity index (χ1n) is 40.8. The standard InChI is InChI=1S/C19H16BrN3O5S2.C16H6.C14H12BrNO3.C14H12BrNO2.C14H14BrNO.C8H8BrNO3.C7H6BrNO3.C7H7Br.CH2O3.3CH4.BBr3.ClH.Fe.2K.H3N.H2.H/c1-12(25)22-19-21-9-18(29-19)30(26,27)23-16-8-15(20)14(10-24)7-17(16)28-11-13-5-3-2-4-6-13;1-3-5-7-9-11-13-15-16-14-12-10-8-6-4-2;1-10-7-14(13(16(17)18)8-12(10)15)19-9-11-5-3-2-4-6-11;15-12-7-13(16)14(6-11(12)8-17)18-9-10-4-2-1-3-5-10;1-10-7-14(13(16)8-12(10)15)17-9-11-5-3-2-4-6-11;1-5-3-8(13-2)7(10(11)12)4-6(5)9;1-4-2-7(10)6(9(11)12)3-5(4)8;8-6-7-4-2-1-3-5-7;2-1-4-3;;;;2-1(3)4;;;;;;;/h2-10,23H,11H2,1H3,(H,21,22,25);1-2H3;2-8H,9H2,1H3;1-8H,9,16H2;2-8H,9,16H2,1H3;3-4H,1-2H3;2-3,10H,1H3;1-5H,6H2;1,3H;3*1H4;;1H;;;;1H3;1H;/q;;;;;;;;;;;;;;;2*+1;;;-1/p-1/i;;;;;;;;;;;;;;;;;;1+1D;. The molecule has 0 aliphatic carbocycles. The monoisotopic (exact) mass is 2820 g/mol. The number of hydrogen-bond acceptors (Lipinski definition) is 25. The zero-order chi connectivity index (χ0) is 107. The fourth-order valence-electron chi connectivity index (χ4n) is 9.84. The normalized spacial score (nSPS) is 8.83. The van der Waals surface area contributed by atoms with Gasteiger partial charge in [0.25, 0.3) is 16.5 Å². The number of phenolic OH excluding ortho intramolecular Hbond substituents is 1. The Morgan fingerprint density at radius 2 is 0.785 bits per heavy atom. The number of nitrogens with two attached hydrogens (primary N) is 2. The first-order valence-corrected chi connectivity index (χ1v) is 50.7. The molecule has 780 valence electrons. The maximum atomic E-state index is 12.8. The van der Waals surface area contributed by atoms with E-state index in [0.717, 1.165) is 83.9 Å². The first-order chi connectivity index (χ1) is 68.3. The van der Waals surface area contributed by atoms with Gasteiger partial charge in [0, 0.05) is 88.5 Å². The summed E-state index contributed by atoms with van der Waals surface area (Å²) in [5.41, 5.74) is 22.6. The molecule has 0 spiro atoms. The molecule has 0 aliphatic rings. The third-order valence-electron chi connectivity index (χ3n) is 16.5. The van der Waals surface area contributed by atoms with Crippen LogP contribution in [0, 0.1) is 141 Å². The number of halogens is 11. The number of aldehydes is 2. The number of sulfonamides is 1. The summed E-state index contributed by atoms with van der Waals surface area (Å²) in [6, 6.07) is 67.8. The molecule has 29 nitrogen and oxygen atoms in total. The van der Waals surface area contributed by atoms with Crippen LogP contribution in [-0.4, -0.2) is 68.5 Å². The number of amides is 1. The number of aromatic nitrogens is 1. The molecule has 0 unspecified atom stereocenters. The number of nitrogens with one attached hydrogen (secondary N) is 2. The number of rotatable bonds is 24. The summed E-state index contributed by atoms with van der Waals surface area (Å²) in [6.07, 6.45) is 2.55. The fraction of sp³-hybridized carbons (Fsp3) is 0.155. The number of nitro benzene ring substituents is 3. The van der Waals surface area contributed by atoms with Crippen LogP contribution in [0.1, 0.15) is 118 Å². The second-order valence-corrected chi connectivity index (χ2v) is 41.8. The Kier molecular flexibility index (Phi) is 86.8. The Morgan fingerprint density at radius 3 is 1.11 bits per heavy atom. The van der Waals surface area contributed by atoms with Crippen molar-refractivity contribution in [3.63, 3.8) is 0 Å². The smallest absolute Gasteiger partial charge is 1.00 e. The van der Waals surface area contributed by atoms with Crippen molar-refractivity contribution in [3.8, 4) is 117 Å². The maximum absolute atomic E-state index is 12.8. The molecule has 1 amide bonds. The summed E-state index contributed by atoms with van der Waals surface area (Å²) in [4.78, 5) is 78.7. The van der Waals surface area contributed by atoms with Crippen molar-refractivity contribution < 1.29 is 206 Å². The quantitative estimate of drug-likeness (QED) is 0.00478. The van der Waals surface area contributed by atoms with Crippen LogP contribution >= 0.6 is 183 Å². The molecule has 12 aromatic rings. The predicted molar refractivity (Wildman–Crippen MR) is 622 cm³/mol. The molecule has 0 atom stereocenters. The van der Waals surface area contributed by atoms with Gasteiger partial charge in [-0.15, -0.1) is 59.7 Å². The van der Waals surface area contributed by atoms with Crippen molar-refractivity contribution in [1.29, 1.82) is 0 Å². The molecule has 0 saturated carbocycles. The summed E-state index contributed by atoms with van der Waals surface area (Å²) in [5.74, 6) is 36.9. The van der Waals surface area contributed by atoms with E-state index in [2.05, 4.69) is 274 Å². The van der Waals surface area contributed by atoms with E-state index in [1.165, 1.54) is 56.0 Å². The van der Waals surface area contributed by atoms with Crippen LogP contribution in [0.2, 0.25) is 0 Å². The van der Waals surface area contributed by atoms with Crippen LogP contribution < -0.4 is 159 Å². The van der Waals surface area contributed by atoms with Crippen molar-refractivity contribution in [1.82, 2.24) is 11.1 Å². The minimum absolute atomic E-state index is 0. The Balaban J connectivity index is -0.000000259. The third-order valence-corrected chi connectivity index (χ3v) is 24.7. The van der Waals surface area contributed by atoms with Gasteiger partial charge in [0.1, 0.15) is 43.7 Å². The van der Waals surface area contributed by atoms with Gasteiger partial charge in [0.2, 0.25) is 5.91 Å². The zero-order valence-electron chi connectivity index (χ0n) is 82.0. The van der Waals surface area contributed by atoms with E-state index < -0.39 is 24.8 Å². The molecule has 0 saturated heterocycles. The molecular weight excluding hydrogens is 2730 g/mol. The van der Waals surface area contributed by atoms with Gasteiger partial charge in [-0.1, -0.05) is 277 Å². The Hall–Kier alpha value is -8.53. The van der Waals surface area contributed by atoms with Gasteiger partial charge in [-0.2, -0.15) is 0 Å². The molecule has 1 aromatic heterocycles. The van der Waals surface area contributed by atoms with Gasteiger partial charge in [-0.05, 0) is 249 Å². The molecule has 1 heterocycles. The van der Waals surface area contributed by atoms with Crippen LogP contribution in [0.15, 0.2) is 262 Å². The number of carbonyl (C=O) groups is 4. The van der Waals surface area contributed by atoms with Gasteiger partial charge in [-0.3, -0.25) is 54.2 Å². The van der Waals surface area contributed by atoms with Crippen LogP contribution in [-0.2, 0) is 73.3 Å². The molecule has 10 N–H and O–H groups in total. The van der Waals surface area contributed by atoms with E-state index in [-0.39, 0.29) is 239 Å². The number of anilines is 4. The van der Waals surface area contributed by atoms with Crippen molar-refractivity contribution in [2.75, 3.05) is 28.6 Å². The Labute approximate surface area is 1060 Å². The largest absolute Gasteiger partial charge is 1.00 e. The van der Waals surface area contributed by atoms with Crippen LogP contribution in [0.4, 0.5) is 39.3 Å². The predicted octanol–water partition coefficient (Wildman–Crippen LogP) is 21.8. The molecule has 11 aromatic carbocycles. The minimum atomic E-state index is -4.00. The number of phenols is 1. The van der Waals surface area contributed by atoms with E-state index >= 15 is 0 Å². The summed E-state index contributed by atoms with van der Waals surface area (Å²) in [5, 5.41) is 53.0. The minimum Gasteiger partial charge on any atom is -1.00 e. The number of aromatic hydroxyl groups is 1. The SMILES string of the molecule is BrB(Br)Br.BrCc1ccccc1.C.C.C.CC#CC#CC#CC#CC#CC#CC#CC.CC(=O)Nc1ncc(S(=O)(=O)Nc2cc(Br)c(C=O)cc2OCc2ccccc2)s1.COc1cc(C)c(Br)cc1[N+](=O)[O-].Cc1cc(O)c([N+](=O)[O-])cc1Br.Cc1cc(OCc2ccccc2)c(N)cc1Br.Cc1cc(OCc2ccccc2)c([N+](=O)[O-])cc1Br.Cl.N.Nc1cc(Br)c(C=O)cc1OCc1ccccc1.O=CO[O-].[2H][2H].[Fe].[H-].[K+].[K+]. The number of aryl methyl sites for hydroxylation is 4. The average Bonchev–Trinajstić information content (AvgIpc) is 1.48. The van der Waals surface area contributed by atoms with Gasteiger partial charge >= 0.3 is 123 Å². The number of ether oxygens (including phenoxy) is 5. The van der Waals surface area contributed by atoms with E-state index in [0.29, 0.717) is 76.7 Å². The van der Waals surface area contributed by atoms with Gasteiger partial charge < -0.3 is 63.3 Å². The van der Waals surface area contributed by atoms with E-state index in [9.17, 15) is 53.1 Å². The average molecular weight is 2830 g/mol. The van der Waals surface area contributed by atoms with E-state index in [1.807, 2.05) is 172 Å². The third kappa shape index (κ3) is 62.4. The van der Waals surface area contributed by atoms with Gasteiger partial charge in [0.05, 0.1) is 45.1 Å². The number of nitrogen functional groups attached to an aromatic ring is 2. The zero-order valence-corrected chi connectivity index (χ0v) is 105. The summed E-state index contributed by atoms with van der Waals surface area (Å²) >= 11 is 33.1. The van der Waals surface area contributed by atoms with E-state index in [1.54, 1.807) is 45.0 Å². The topological polar surface area (TPSA) is 454 Å². The molecular formula is C103H101BBr10ClFeK2N9O20S2. The molecule has 46 heteroatoms. The maximum Gasteiger partial charge on any atom is 1.00 e. The summed E-state index contributed by atoms with van der Waals surface area (Å²) < 4.78 is 69.9. The van der Waals surface area contributed by atoms with Crippen molar-refractivity contribution in [2.24, 2.45) is 0 Å². The fourth-order valence-corrected chi connectivity index (χ4v) is 14.6. The second-order valence-electron chi connectivity index (χ2n) is 26.8. The number of nitrogens with zero attached hydrogens (tertiary/aromatic N) is 4. The van der Waals surface area contributed by atoms with Gasteiger partial charge in [-0.25, -0.2) is 13.4 Å². The van der Waals surface area contributed by atoms with Crippen LogP contribution in [0.3, 0.4) is 0 Å². The van der Waals surface area contributed by atoms with Crippen LogP contribution in [0.25, 0.3) is 0 Å². The summed E-state index contributed by atoms with van der Waals surface area (Å²) in [7, 11) is -2.59. The van der Waals surface area contributed by atoms with Crippen molar-refractivity contribution in [2.45, 2.75) is 107 Å². The number of nitro groups is 3. The second kappa shape index (κ2) is 86.9. The number of carbonyl (C=O) groups excluding carboxylic acids is 4. The Bertz CT molecular complexity index is 6810. The summed E-state index contributed by atoms with van der Waals surface area (Å²) in [6.45, 7) is 13.5. The Morgan fingerprint density at radius 1 is 0.497 bits per heavy atom. The molecule has 0 fully saturated rings.